The Balaban J connectivity index is 2.61. The number of hydrogen-bond donors (Lipinski definition) is 2. The van der Waals surface area contributed by atoms with Crippen LogP contribution in [0.15, 0.2) is 0 Å². The van der Waals surface area contributed by atoms with Crippen LogP contribution in [0.25, 0.3) is 0 Å². The number of carbonyl (C=O) groups excluding carboxylic acids is 3. The third-order valence-electron chi connectivity index (χ3n) is 3.30. The van der Waals surface area contributed by atoms with Crippen LogP contribution < -0.4 is 11.1 Å². The SMILES string of the molecule is COC(=O)CCN(CC1CCCO1)C(=O)C(C)NC(N)=O. The number of nitrogens with two attached hydrogens (primary N) is 1. The van der Waals surface area contributed by atoms with Crippen molar-refractivity contribution in [3.63, 3.8) is 0 Å². The number of primary amides is 1. The summed E-state index contributed by atoms with van der Waals surface area (Å²) in [5, 5.41) is 2.34. The van der Waals surface area contributed by atoms with Gasteiger partial charge in [-0.25, -0.2) is 4.79 Å². The molecule has 1 aliphatic rings. The Morgan fingerprint density at radius 1 is 1.48 bits per heavy atom. The van der Waals surface area contributed by atoms with E-state index in [0.29, 0.717) is 13.2 Å². The van der Waals surface area contributed by atoms with Crippen LogP contribution in [0.4, 0.5) is 4.79 Å². The summed E-state index contributed by atoms with van der Waals surface area (Å²) in [4.78, 5) is 35.9. The number of nitrogens with zero attached hydrogens (tertiary/aromatic N) is 1. The molecular weight excluding hydrogens is 278 g/mol. The molecule has 0 aliphatic carbocycles. The lowest BCUT2D eigenvalue weighted by Gasteiger charge is -2.27. The van der Waals surface area contributed by atoms with Crippen molar-refractivity contribution in [2.75, 3.05) is 26.8 Å². The normalized spacial score (nSPS) is 18.9. The molecule has 1 rings (SSSR count). The van der Waals surface area contributed by atoms with Gasteiger partial charge in [0.1, 0.15) is 6.04 Å². The van der Waals surface area contributed by atoms with Crippen LogP contribution in [0.2, 0.25) is 0 Å². The number of methoxy groups -OCH3 is 1. The number of hydrogen-bond acceptors (Lipinski definition) is 5. The van der Waals surface area contributed by atoms with Crippen LogP contribution in [0.5, 0.6) is 0 Å². The minimum absolute atomic E-state index is 0.0348. The zero-order valence-corrected chi connectivity index (χ0v) is 12.5. The van der Waals surface area contributed by atoms with Gasteiger partial charge >= 0.3 is 12.0 Å². The molecule has 1 aliphatic heterocycles. The molecule has 0 bridgehead atoms. The number of rotatable bonds is 7. The minimum atomic E-state index is -0.763. The van der Waals surface area contributed by atoms with E-state index in [1.54, 1.807) is 6.92 Å². The first-order chi connectivity index (χ1) is 9.93. The summed E-state index contributed by atoms with van der Waals surface area (Å²) in [5.41, 5.74) is 5.02. The summed E-state index contributed by atoms with van der Waals surface area (Å²) < 4.78 is 10.1. The van der Waals surface area contributed by atoms with E-state index in [0.717, 1.165) is 12.8 Å². The predicted octanol–water partition coefficient (Wildman–Crippen LogP) is -0.386. The predicted molar refractivity (Wildman–Crippen MR) is 74.4 cm³/mol. The molecule has 3 N–H and O–H groups in total. The van der Waals surface area contributed by atoms with E-state index < -0.39 is 18.0 Å². The minimum Gasteiger partial charge on any atom is -0.469 e. The molecule has 0 aromatic rings. The highest BCUT2D eigenvalue weighted by molar-refractivity contribution is 5.86. The molecule has 2 unspecified atom stereocenters. The Morgan fingerprint density at radius 2 is 2.19 bits per heavy atom. The summed E-state index contributed by atoms with van der Waals surface area (Å²) in [7, 11) is 1.30. The maximum atomic E-state index is 12.3. The second-order valence-corrected chi connectivity index (χ2v) is 4.98. The molecule has 2 atom stereocenters. The van der Waals surface area contributed by atoms with Crippen molar-refractivity contribution < 1.29 is 23.9 Å². The topological polar surface area (TPSA) is 111 Å². The first-order valence-corrected chi connectivity index (χ1v) is 6.97. The average molecular weight is 301 g/mol. The van der Waals surface area contributed by atoms with Gasteiger partial charge in [0.25, 0.3) is 0 Å². The zero-order valence-electron chi connectivity index (χ0n) is 12.5. The van der Waals surface area contributed by atoms with Gasteiger partial charge < -0.3 is 25.4 Å². The largest absolute Gasteiger partial charge is 0.469 e. The molecule has 0 saturated carbocycles. The van der Waals surface area contributed by atoms with Crippen LogP contribution in [0.3, 0.4) is 0 Å². The fourth-order valence-electron chi connectivity index (χ4n) is 2.20. The van der Waals surface area contributed by atoms with Crippen LogP contribution in [0.1, 0.15) is 26.2 Å². The van der Waals surface area contributed by atoms with E-state index in [-0.39, 0.29) is 25.0 Å². The van der Waals surface area contributed by atoms with Crippen molar-refractivity contribution in [1.82, 2.24) is 10.2 Å². The lowest BCUT2D eigenvalue weighted by Crippen LogP contribution is -2.50. The summed E-state index contributed by atoms with van der Waals surface area (Å²) in [5.74, 6) is -0.691. The molecule has 8 heteroatoms. The molecular formula is C13H23N3O5. The van der Waals surface area contributed by atoms with Gasteiger partial charge in [0.2, 0.25) is 5.91 Å². The molecule has 0 aromatic heterocycles. The second kappa shape index (κ2) is 8.46. The van der Waals surface area contributed by atoms with Gasteiger partial charge in [-0.3, -0.25) is 9.59 Å². The number of nitrogens with one attached hydrogen (secondary N) is 1. The number of urea groups is 1. The van der Waals surface area contributed by atoms with Crippen molar-refractivity contribution in [1.29, 1.82) is 0 Å². The lowest BCUT2D eigenvalue weighted by atomic mass is 10.2. The van der Waals surface area contributed by atoms with E-state index in [1.165, 1.54) is 12.0 Å². The van der Waals surface area contributed by atoms with E-state index in [2.05, 4.69) is 10.1 Å². The highest BCUT2D eigenvalue weighted by atomic mass is 16.5. The molecule has 1 fully saturated rings. The van der Waals surface area contributed by atoms with E-state index in [4.69, 9.17) is 10.5 Å². The van der Waals surface area contributed by atoms with Crippen LogP contribution in [0, 0.1) is 0 Å². The first kappa shape index (κ1) is 17.2. The zero-order chi connectivity index (χ0) is 15.8. The summed E-state index contributed by atoms with van der Waals surface area (Å²) in [6.07, 6.45) is 1.89. The highest BCUT2D eigenvalue weighted by Gasteiger charge is 2.26. The molecule has 3 amide bonds. The Bertz CT molecular complexity index is 382. The molecule has 0 aromatic carbocycles. The van der Waals surface area contributed by atoms with E-state index >= 15 is 0 Å². The summed E-state index contributed by atoms with van der Waals surface area (Å²) in [6, 6.07) is -1.51. The molecule has 0 radical (unpaired) electrons. The number of carbonyl (C=O) groups is 3. The molecule has 21 heavy (non-hydrogen) atoms. The fraction of sp³-hybridized carbons (Fsp3) is 0.769. The number of ether oxygens (including phenoxy) is 2. The maximum Gasteiger partial charge on any atom is 0.312 e. The third-order valence-corrected chi connectivity index (χ3v) is 3.30. The maximum absolute atomic E-state index is 12.3. The molecule has 1 saturated heterocycles. The Kier molecular flexibility index (Phi) is 6.93. The molecule has 8 nitrogen and oxygen atoms in total. The van der Waals surface area contributed by atoms with Gasteiger partial charge in [0.05, 0.1) is 19.6 Å². The quantitative estimate of drug-likeness (QED) is 0.622. The number of esters is 1. The van der Waals surface area contributed by atoms with Gasteiger partial charge in [-0.05, 0) is 19.8 Å². The second-order valence-electron chi connectivity index (χ2n) is 4.98. The van der Waals surface area contributed by atoms with Crippen molar-refractivity contribution in [3.8, 4) is 0 Å². The van der Waals surface area contributed by atoms with Crippen molar-refractivity contribution in [3.05, 3.63) is 0 Å². The Morgan fingerprint density at radius 3 is 2.71 bits per heavy atom. The van der Waals surface area contributed by atoms with Crippen LogP contribution >= 0.6 is 0 Å². The first-order valence-electron chi connectivity index (χ1n) is 6.97. The van der Waals surface area contributed by atoms with Gasteiger partial charge in [0, 0.05) is 19.7 Å². The third kappa shape index (κ3) is 5.99. The van der Waals surface area contributed by atoms with E-state index in [1.807, 2.05) is 0 Å². The lowest BCUT2D eigenvalue weighted by molar-refractivity contribution is -0.142. The number of amides is 3. The Hall–Kier alpha value is -1.83. The average Bonchev–Trinajstić information content (AvgIpc) is 2.94. The van der Waals surface area contributed by atoms with Crippen molar-refractivity contribution in [2.45, 2.75) is 38.3 Å². The van der Waals surface area contributed by atoms with Crippen LogP contribution in [-0.4, -0.2) is 61.8 Å². The Labute approximate surface area is 123 Å². The van der Waals surface area contributed by atoms with E-state index in [9.17, 15) is 14.4 Å². The summed E-state index contributed by atoms with van der Waals surface area (Å²) in [6.45, 7) is 2.84. The van der Waals surface area contributed by atoms with Crippen LogP contribution in [-0.2, 0) is 19.1 Å². The standard InChI is InChI=1S/C13H23N3O5/c1-9(15-13(14)19)12(18)16(6-5-11(17)20-2)8-10-4-3-7-21-10/h9-10H,3-8H2,1-2H3,(H3,14,15,19). The van der Waals surface area contributed by atoms with Gasteiger partial charge in [-0.2, -0.15) is 0 Å². The summed E-state index contributed by atoms with van der Waals surface area (Å²) >= 11 is 0. The van der Waals surface area contributed by atoms with Gasteiger partial charge in [0.15, 0.2) is 0 Å². The monoisotopic (exact) mass is 301 g/mol. The van der Waals surface area contributed by atoms with Crippen molar-refractivity contribution >= 4 is 17.9 Å². The molecule has 120 valence electrons. The smallest absolute Gasteiger partial charge is 0.312 e. The fourth-order valence-corrected chi connectivity index (χ4v) is 2.20. The van der Waals surface area contributed by atoms with Crippen molar-refractivity contribution in [2.24, 2.45) is 5.73 Å². The molecule has 1 heterocycles. The van der Waals surface area contributed by atoms with Gasteiger partial charge in [-0.15, -0.1) is 0 Å². The van der Waals surface area contributed by atoms with Gasteiger partial charge in [-0.1, -0.05) is 0 Å². The highest BCUT2D eigenvalue weighted by Crippen LogP contribution is 2.14. The molecule has 0 spiro atoms.